The Morgan fingerprint density at radius 3 is 3.14 bits per heavy atom. The highest BCUT2D eigenvalue weighted by Gasteiger charge is 2.20. The topological polar surface area (TPSA) is 53.0 Å². The van der Waals surface area contributed by atoms with Gasteiger partial charge in [-0.3, -0.25) is 0 Å². The van der Waals surface area contributed by atoms with Crippen LogP contribution < -0.4 is 10.6 Å². The molecule has 0 radical (unpaired) electrons. The lowest BCUT2D eigenvalue weighted by molar-refractivity contribution is 0.832. The molecule has 2 rings (SSSR count). The molecule has 0 amide bonds. The standard InChI is InChI=1S/C11H13N3/c12-6-2-7-14-8-5-9-3-1-4-10(13)11(9)14/h1,3-4H,2,5,7-8,13H2. The lowest BCUT2D eigenvalue weighted by Gasteiger charge is -2.19. The van der Waals surface area contributed by atoms with Gasteiger partial charge in [0.2, 0.25) is 0 Å². The van der Waals surface area contributed by atoms with Crippen LogP contribution in [0.4, 0.5) is 11.4 Å². The van der Waals surface area contributed by atoms with Gasteiger partial charge in [0.15, 0.2) is 0 Å². The van der Waals surface area contributed by atoms with E-state index >= 15 is 0 Å². The van der Waals surface area contributed by atoms with Crippen molar-refractivity contribution in [3.63, 3.8) is 0 Å². The Kier molecular flexibility index (Phi) is 2.28. The Bertz CT molecular complexity index is 379. The van der Waals surface area contributed by atoms with Crippen LogP contribution in [0.1, 0.15) is 12.0 Å². The molecule has 0 aromatic heterocycles. The van der Waals surface area contributed by atoms with Gasteiger partial charge in [-0.15, -0.1) is 0 Å². The number of nitrogens with zero attached hydrogens (tertiary/aromatic N) is 2. The highest BCUT2D eigenvalue weighted by atomic mass is 15.2. The summed E-state index contributed by atoms with van der Waals surface area (Å²) in [5.41, 5.74) is 9.19. The fourth-order valence-corrected chi connectivity index (χ4v) is 1.97. The molecule has 1 heterocycles. The first-order valence-electron chi connectivity index (χ1n) is 4.82. The summed E-state index contributed by atoms with van der Waals surface area (Å²) in [6, 6.07) is 8.18. The number of para-hydroxylation sites is 1. The summed E-state index contributed by atoms with van der Waals surface area (Å²) in [7, 11) is 0. The van der Waals surface area contributed by atoms with Crippen LogP contribution in [-0.4, -0.2) is 13.1 Å². The number of rotatable bonds is 2. The Hall–Kier alpha value is -1.69. The number of hydrogen-bond donors (Lipinski definition) is 1. The third-order valence-corrected chi connectivity index (χ3v) is 2.61. The van der Waals surface area contributed by atoms with Crippen LogP contribution in [0, 0.1) is 11.3 Å². The molecule has 0 aliphatic carbocycles. The van der Waals surface area contributed by atoms with Crippen molar-refractivity contribution < 1.29 is 0 Å². The summed E-state index contributed by atoms with van der Waals surface area (Å²) in [4.78, 5) is 2.20. The second kappa shape index (κ2) is 3.59. The van der Waals surface area contributed by atoms with Crippen molar-refractivity contribution >= 4 is 11.4 Å². The lowest BCUT2D eigenvalue weighted by atomic mass is 10.1. The molecule has 72 valence electrons. The molecular formula is C11H13N3. The molecule has 0 bridgehead atoms. The Labute approximate surface area is 83.7 Å². The molecule has 0 saturated heterocycles. The second-order valence-electron chi connectivity index (χ2n) is 3.50. The van der Waals surface area contributed by atoms with Gasteiger partial charge in [-0.2, -0.15) is 5.26 Å². The predicted molar refractivity (Wildman–Crippen MR) is 57.0 cm³/mol. The molecule has 3 nitrogen and oxygen atoms in total. The van der Waals surface area contributed by atoms with E-state index in [2.05, 4.69) is 17.0 Å². The molecule has 1 aromatic rings. The van der Waals surface area contributed by atoms with Gasteiger partial charge >= 0.3 is 0 Å². The van der Waals surface area contributed by atoms with Crippen LogP contribution in [0.5, 0.6) is 0 Å². The molecule has 1 aromatic carbocycles. The normalized spacial score (nSPS) is 13.8. The minimum Gasteiger partial charge on any atom is -0.397 e. The lowest BCUT2D eigenvalue weighted by Crippen LogP contribution is -2.22. The highest BCUT2D eigenvalue weighted by molar-refractivity contribution is 5.74. The van der Waals surface area contributed by atoms with Gasteiger partial charge < -0.3 is 10.6 Å². The molecule has 1 aliphatic heterocycles. The van der Waals surface area contributed by atoms with Gasteiger partial charge in [-0.25, -0.2) is 0 Å². The average molecular weight is 187 g/mol. The van der Waals surface area contributed by atoms with Gasteiger partial charge in [-0.1, -0.05) is 12.1 Å². The molecule has 2 N–H and O–H groups in total. The van der Waals surface area contributed by atoms with Crippen LogP contribution in [0.2, 0.25) is 0 Å². The summed E-state index contributed by atoms with van der Waals surface area (Å²) < 4.78 is 0. The Morgan fingerprint density at radius 2 is 2.36 bits per heavy atom. The summed E-state index contributed by atoms with van der Waals surface area (Å²) in [5, 5.41) is 8.54. The number of nitrogen functional groups attached to an aromatic ring is 1. The van der Waals surface area contributed by atoms with Gasteiger partial charge in [0.1, 0.15) is 0 Å². The molecule has 0 atom stereocenters. The second-order valence-corrected chi connectivity index (χ2v) is 3.50. The van der Waals surface area contributed by atoms with E-state index in [9.17, 15) is 0 Å². The molecule has 1 aliphatic rings. The smallest absolute Gasteiger partial charge is 0.0640 e. The van der Waals surface area contributed by atoms with Crippen molar-refractivity contribution in [1.82, 2.24) is 0 Å². The zero-order valence-electron chi connectivity index (χ0n) is 8.03. The van der Waals surface area contributed by atoms with Crippen molar-refractivity contribution in [1.29, 1.82) is 5.26 Å². The number of hydrogen-bond acceptors (Lipinski definition) is 3. The van der Waals surface area contributed by atoms with E-state index in [0.717, 1.165) is 30.9 Å². The van der Waals surface area contributed by atoms with E-state index in [1.165, 1.54) is 5.56 Å². The van der Waals surface area contributed by atoms with Crippen molar-refractivity contribution in [2.75, 3.05) is 23.7 Å². The minimum absolute atomic E-state index is 0.563. The van der Waals surface area contributed by atoms with Gasteiger partial charge in [0.25, 0.3) is 0 Å². The fourth-order valence-electron chi connectivity index (χ4n) is 1.97. The van der Waals surface area contributed by atoms with Crippen molar-refractivity contribution in [3.8, 4) is 6.07 Å². The molecule has 0 fully saturated rings. The van der Waals surface area contributed by atoms with Crippen LogP contribution in [0.25, 0.3) is 0 Å². The van der Waals surface area contributed by atoms with E-state index in [1.807, 2.05) is 12.1 Å². The van der Waals surface area contributed by atoms with E-state index in [4.69, 9.17) is 11.0 Å². The molecular weight excluding hydrogens is 174 g/mol. The van der Waals surface area contributed by atoms with E-state index in [-0.39, 0.29) is 0 Å². The van der Waals surface area contributed by atoms with Crippen LogP contribution in [0.15, 0.2) is 18.2 Å². The molecule has 0 unspecified atom stereocenters. The number of fused-ring (bicyclic) bond motifs is 1. The molecule has 14 heavy (non-hydrogen) atoms. The molecule has 0 saturated carbocycles. The summed E-state index contributed by atoms with van der Waals surface area (Å²) in [6.07, 6.45) is 1.61. The maximum atomic E-state index is 8.54. The van der Waals surface area contributed by atoms with E-state index < -0.39 is 0 Å². The zero-order chi connectivity index (χ0) is 9.97. The first kappa shape index (κ1) is 8.89. The van der Waals surface area contributed by atoms with Crippen molar-refractivity contribution in [3.05, 3.63) is 23.8 Å². The van der Waals surface area contributed by atoms with Crippen LogP contribution in [-0.2, 0) is 6.42 Å². The zero-order valence-corrected chi connectivity index (χ0v) is 8.03. The summed E-state index contributed by atoms with van der Waals surface area (Å²) in [6.45, 7) is 1.78. The number of nitriles is 1. The quantitative estimate of drug-likeness (QED) is 0.714. The average Bonchev–Trinajstić information content (AvgIpc) is 2.59. The number of nitrogens with two attached hydrogens (primary N) is 1. The van der Waals surface area contributed by atoms with Crippen molar-refractivity contribution in [2.45, 2.75) is 12.8 Å². The third-order valence-electron chi connectivity index (χ3n) is 2.61. The van der Waals surface area contributed by atoms with Gasteiger partial charge in [0.05, 0.1) is 23.9 Å². The van der Waals surface area contributed by atoms with Gasteiger partial charge in [0, 0.05) is 13.1 Å². The fraction of sp³-hybridized carbons (Fsp3) is 0.364. The first-order valence-corrected chi connectivity index (χ1v) is 4.82. The Morgan fingerprint density at radius 1 is 1.50 bits per heavy atom. The SMILES string of the molecule is N#CCCN1CCc2cccc(N)c21. The summed E-state index contributed by atoms with van der Waals surface area (Å²) >= 11 is 0. The number of benzene rings is 1. The monoisotopic (exact) mass is 187 g/mol. The number of anilines is 2. The Balaban J connectivity index is 2.25. The highest BCUT2D eigenvalue weighted by Crippen LogP contribution is 2.33. The molecule has 3 heteroatoms. The first-order chi connectivity index (χ1) is 6.83. The van der Waals surface area contributed by atoms with Crippen molar-refractivity contribution in [2.24, 2.45) is 0 Å². The maximum absolute atomic E-state index is 8.54. The van der Waals surface area contributed by atoms with Gasteiger partial charge in [-0.05, 0) is 18.1 Å². The van der Waals surface area contributed by atoms with E-state index in [0.29, 0.717) is 6.42 Å². The summed E-state index contributed by atoms with van der Waals surface area (Å²) in [5.74, 6) is 0. The van der Waals surface area contributed by atoms with E-state index in [1.54, 1.807) is 0 Å². The maximum Gasteiger partial charge on any atom is 0.0640 e. The van der Waals surface area contributed by atoms with Crippen LogP contribution in [0.3, 0.4) is 0 Å². The largest absolute Gasteiger partial charge is 0.397 e. The molecule has 0 spiro atoms. The third kappa shape index (κ3) is 1.39. The predicted octanol–water partition coefficient (Wildman–Crippen LogP) is 1.54. The van der Waals surface area contributed by atoms with Crippen LogP contribution >= 0.6 is 0 Å². The minimum atomic E-state index is 0.563.